The van der Waals surface area contributed by atoms with Crippen molar-refractivity contribution in [2.75, 3.05) is 68.5 Å². The molecule has 0 unspecified atom stereocenters. The lowest BCUT2D eigenvalue weighted by Crippen LogP contribution is -2.47. The van der Waals surface area contributed by atoms with E-state index in [-0.39, 0.29) is 11.3 Å². The molecule has 0 saturated carbocycles. The minimum atomic E-state index is -6.05. The van der Waals surface area contributed by atoms with Crippen molar-refractivity contribution in [3.8, 4) is 0 Å². The van der Waals surface area contributed by atoms with Crippen LogP contribution in [0.1, 0.15) is 61.9 Å². The van der Waals surface area contributed by atoms with Gasteiger partial charge in [-0.05, 0) is 136 Å². The van der Waals surface area contributed by atoms with Gasteiger partial charge in [-0.15, -0.1) is 11.8 Å². The van der Waals surface area contributed by atoms with Crippen molar-refractivity contribution in [1.29, 1.82) is 0 Å². The van der Waals surface area contributed by atoms with E-state index in [0.717, 1.165) is 73.7 Å². The molecule has 7 rings (SSSR count). The number of nitrogens with zero attached hydrogens (tertiary/aromatic N) is 3. The van der Waals surface area contributed by atoms with Crippen LogP contribution in [0.5, 0.6) is 0 Å². The zero-order valence-electron chi connectivity index (χ0n) is 36.4. The molecule has 0 aliphatic carbocycles. The van der Waals surface area contributed by atoms with Gasteiger partial charge in [-0.3, -0.25) is 14.6 Å². The Bertz CT molecular complexity index is 2510. The van der Waals surface area contributed by atoms with Crippen molar-refractivity contribution in [2.24, 2.45) is 0 Å². The minimum absolute atomic E-state index is 0.00664. The highest BCUT2D eigenvalue weighted by atomic mass is 35.5. The minimum Gasteiger partial charge on any atom is -0.380 e. The molecule has 3 aliphatic heterocycles. The van der Waals surface area contributed by atoms with Crippen LogP contribution in [0.15, 0.2) is 117 Å². The van der Waals surface area contributed by atoms with Gasteiger partial charge in [-0.1, -0.05) is 41.9 Å². The first-order valence-corrected chi connectivity index (χ1v) is 26.2. The summed E-state index contributed by atoms with van der Waals surface area (Å²) >= 11 is 7.60. The number of likely N-dealkylation sites (tertiary alicyclic amines) is 1. The van der Waals surface area contributed by atoms with E-state index < -0.39 is 47.1 Å². The van der Waals surface area contributed by atoms with Crippen molar-refractivity contribution < 1.29 is 39.5 Å². The summed E-state index contributed by atoms with van der Waals surface area (Å²) in [5, 5.41) is 3.72. The lowest BCUT2D eigenvalue weighted by molar-refractivity contribution is -0.0435. The summed E-state index contributed by atoms with van der Waals surface area (Å²) in [5.41, 5.74) is -1.61. The lowest BCUT2D eigenvalue weighted by Gasteiger charge is -2.37. The fourth-order valence-corrected chi connectivity index (χ4v) is 11.9. The van der Waals surface area contributed by atoms with Gasteiger partial charge in [0, 0.05) is 77.8 Å². The molecule has 0 bridgehead atoms. The topological polar surface area (TPSA) is 128 Å². The Morgan fingerprint density at radius 1 is 0.892 bits per heavy atom. The third-order valence-corrected chi connectivity index (χ3v) is 16.7. The lowest BCUT2D eigenvalue weighted by atomic mass is 9.95. The summed E-state index contributed by atoms with van der Waals surface area (Å²) in [6.07, 6.45) is 4.19. The van der Waals surface area contributed by atoms with Crippen molar-refractivity contribution in [1.82, 2.24) is 14.5 Å². The fourth-order valence-electron chi connectivity index (χ4n) is 8.75. The van der Waals surface area contributed by atoms with Crippen LogP contribution >= 0.6 is 23.4 Å². The van der Waals surface area contributed by atoms with Crippen molar-refractivity contribution in [3.63, 3.8) is 0 Å². The number of carbonyl (C=O) groups excluding carboxylic acids is 1. The number of rotatable bonds is 17. The van der Waals surface area contributed by atoms with Crippen molar-refractivity contribution in [3.05, 3.63) is 119 Å². The molecule has 1 amide bonds. The second-order valence-corrected chi connectivity index (χ2v) is 22.0. The van der Waals surface area contributed by atoms with Crippen LogP contribution in [0.4, 0.5) is 24.5 Å². The van der Waals surface area contributed by atoms with Gasteiger partial charge >= 0.3 is 5.51 Å². The number of anilines is 2. The number of carbonyl (C=O) groups is 1. The van der Waals surface area contributed by atoms with Crippen LogP contribution in [-0.4, -0.2) is 114 Å². The number of ether oxygens (including phenoxy) is 1. The molecule has 65 heavy (non-hydrogen) atoms. The molecule has 18 heteroatoms. The largest absolute Gasteiger partial charge is 0.501 e. The summed E-state index contributed by atoms with van der Waals surface area (Å²) < 4.78 is 104. The number of amides is 1. The van der Waals surface area contributed by atoms with Gasteiger partial charge in [0.2, 0.25) is 0 Å². The van der Waals surface area contributed by atoms with Gasteiger partial charge in [0.25, 0.3) is 25.8 Å². The number of sulfonamides is 1. The van der Waals surface area contributed by atoms with E-state index in [9.17, 15) is 34.8 Å². The predicted molar refractivity (Wildman–Crippen MR) is 252 cm³/mol. The number of hydrogen-bond acceptors (Lipinski definition) is 11. The molecule has 0 spiro atoms. The molecule has 2 saturated heterocycles. The number of halogens is 4. The Hall–Kier alpha value is -4.10. The molecular formula is C47H55ClF3N5O6S3. The Morgan fingerprint density at radius 2 is 1.57 bits per heavy atom. The maximum absolute atomic E-state index is 14.2. The van der Waals surface area contributed by atoms with Crippen molar-refractivity contribution >= 4 is 66.1 Å². The van der Waals surface area contributed by atoms with Gasteiger partial charge in [0.1, 0.15) is 4.90 Å². The average Bonchev–Trinajstić information content (AvgIpc) is 3.61. The predicted octanol–water partition coefficient (Wildman–Crippen LogP) is 8.97. The van der Waals surface area contributed by atoms with Gasteiger partial charge < -0.3 is 15.0 Å². The summed E-state index contributed by atoms with van der Waals surface area (Å²) in [4.78, 5) is 19.1. The molecule has 11 nitrogen and oxygen atoms in total. The van der Waals surface area contributed by atoms with Gasteiger partial charge in [0.05, 0.1) is 23.8 Å². The second kappa shape index (κ2) is 21.2. The first-order valence-electron chi connectivity index (χ1n) is 21.8. The monoisotopic (exact) mass is 973 g/mol. The molecule has 3 atom stereocenters. The smallest absolute Gasteiger partial charge is 0.380 e. The second-order valence-electron chi connectivity index (χ2n) is 16.9. The van der Waals surface area contributed by atoms with E-state index in [0.29, 0.717) is 68.1 Å². The Labute approximate surface area is 389 Å². The van der Waals surface area contributed by atoms with Gasteiger partial charge in [-0.2, -0.15) is 13.2 Å². The van der Waals surface area contributed by atoms with E-state index in [1.165, 1.54) is 35.0 Å². The van der Waals surface area contributed by atoms with Crippen molar-refractivity contribution in [2.45, 2.75) is 84.3 Å². The van der Waals surface area contributed by atoms with Crippen LogP contribution in [0, 0.1) is 0 Å². The fraction of sp³-hybridized carbons (Fsp3) is 0.426. The first-order chi connectivity index (χ1) is 31.0. The first kappa shape index (κ1) is 48.8. The molecule has 3 aliphatic rings. The molecule has 350 valence electrons. The normalized spacial score (nSPS) is 19.6. The summed E-state index contributed by atoms with van der Waals surface area (Å²) in [6, 6.07) is 26.5. The van der Waals surface area contributed by atoms with Crippen LogP contribution in [0.2, 0.25) is 5.02 Å². The number of alkyl halides is 3. The molecule has 3 heterocycles. The van der Waals surface area contributed by atoms with E-state index in [1.807, 2.05) is 59.3 Å². The van der Waals surface area contributed by atoms with Crippen LogP contribution in [0.25, 0.3) is 5.57 Å². The number of piperazine rings is 1. The maximum Gasteiger partial charge on any atom is 0.501 e. The highest BCUT2D eigenvalue weighted by Gasteiger charge is 2.48. The zero-order valence-corrected chi connectivity index (χ0v) is 39.6. The van der Waals surface area contributed by atoms with E-state index >= 15 is 0 Å². The molecule has 0 aromatic heterocycles. The molecule has 4 aromatic rings. The Balaban J connectivity index is 1.02. The van der Waals surface area contributed by atoms with E-state index in [4.69, 9.17) is 16.3 Å². The Morgan fingerprint density at radius 3 is 2.23 bits per heavy atom. The SMILES string of the molecule is C[C@@H]1CC[C@H](C)N1CCC[C@H](CSc1ccccc1)Nc1ccc(S(=O)(=O)NC(=O)c2ccc(N3CCN(CC4=C(c5ccc(Cl)cc5)CCOC4)CC3)cc2)cc1S(=O)(=O)C(F)(F)F. The molecule has 2 N–H and O–H groups in total. The van der Waals surface area contributed by atoms with E-state index in [1.54, 1.807) is 12.1 Å². The number of thioether (sulfide) groups is 1. The molecule has 4 aromatic carbocycles. The van der Waals surface area contributed by atoms with Crippen LogP contribution < -0.4 is 14.9 Å². The van der Waals surface area contributed by atoms with Crippen LogP contribution in [-0.2, 0) is 24.6 Å². The summed E-state index contributed by atoms with van der Waals surface area (Å²) in [5.74, 6) is -0.630. The standard InChI is InChI=1S/C47H55ClF3N5O6S3/c1-33-10-11-34(2)56(33)23-6-7-39(32-63-41-8-4-3-5-9-41)52-44-21-20-42(29-45(44)64(58,59)47(49,50)51)65(60,61)53-46(57)36-14-18-40(19-15-36)55-26-24-54(25-27-55)30-37-31-62-28-22-43(37)35-12-16-38(48)17-13-35/h3-5,8-9,12-21,29,33-34,39,52H,6-7,10-11,22-28,30-32H2,1-2H3,(H,53,57)/t33-,34+,39-/m1/s1. The van der Waals surface area contributed by atoms with Gasteiger partial charge in [0.15, 0.2) is 0 Å². The molecule has 2 fully saturated rings. The average molecular weight is 975 g/mol. The highest BCUT2D eigenvalue weighted by Crippen LogP contribution is 2.37. The van der Waals surface area contributed by atoms with Crippen LogP contribution in [0.3, 0.4) is 0 Å². The number of hydrogen-bond donors (Lipinski definition) is 2. The summed E-state index contributed by atoms with van der Waals surface area (Å²) in [7, 11) is -10.9. The third kappa shape index (κ3) is 12.3. The highest BCUT2D eigenvalue weighted by molar-refractivity contribution is 7.99. The number of nitrogens with one attached hydrogen (secondary N) is 2. The quantitative estimate of drug-likeness (QED) is 0.0985. The molecular weight excluding hydrogens is 919 g/mol. The third-order valence-electron chi connectivity index (χ3n) is 12.4. The zero-order chi connectivity index (χ0) is 46.4. The summed E-state index contributed by atoms with van der Waals surface area (Å²) in [6.45, 7) is 10.1. The number of sulfone groups is 1. The Kier molecular flexibility index (Phi) is 16.0. The molecule has 0 radical (unpaired) electrons. The number of benzene rings is 4. The maximum atomic E-state index is 14.2. The van der Waals surface area contributed by atoms with Gasteiger partial charge in [-0.25, -0.2) is 21.6 Å². The van der Waals surface area contributed by atoms with E-state index in [2.05, 4.69) is 33.9 Å².